The van der Waals surface area contributed by atoms with Crippen LogP contribution in [0.1, 0.15) is 32.3 Å². The lowest BCUT2D eigenvalue weighted by atomic mass is 10.0. The molecule has 5 nitrogen and oxygen atoms in total. The molecule has 22 heavy (non-hydrogen) atoms. The third-order valence-corrected chi connectivity index (χ3v) is 3.93. The summed E-state index contributed by atoms with van der Waals surface area (Å²) in [6.45, 7) is 6.49. The van der Waals surface area contributed by atoms with Crippen molar-refractivity contribution in [3.05, 3.63) is 29.8 Å². The maximum absolute atomic E-state index is 11.0. The predicted octanol–water partition coefficient (Wildman–Crippen LogP) is 2.23. The third-order valence-electron chi connectivity index (χ3n) is 3.93. The second-order valence-corrected chi connectivity index (χ2v) is 6.06. The van der Waals surface area contributed by atoms with E-state index in [0.717, 1.165) is 25.2 Å². The first-order chi connectivity index (χ1) is 10.5. The molecule has 1 aliphatic heterocycles. The summed E-state index contributed by atoms with van der Waals surface area (Å²) in [7, 11) is 0. The Morgan fingerprint density at radius 1 is 1.41 bits per heavy atom. The topological polar surface area (TPSA) is 70.7 Å². The van der Waals surface area contributed by atoms with Gasteiger partial charge in [0.15, 0.2) is 5.96 Å². The number of nitrogens with one attached hydrogen (secondary N) is 1. The van der Waals surface area contributed by atoms with Gasteiger partial charge < -0.3 is 16.0 Å². The number of amides is 1. The van der Waals surface area contributed by atoms with Crippen molar-refractivity contribution in [2.75, 3.05) is 25.0 Å². The zero-order valence-electron chi connectivity index (χ0n) is 13.5. The highest BCUT2D eigenvalue weighted by molar-refractivity contribution is 5.88. The first-order valence-corrected chi connectivity index (χ1v) is 7.96. The van der Waals surface area contributed by atoms with Gasteiger partial charge in [-0.3, -0.25) is 9.79 Å². The van der Waals surface area contributed by atoms with E-state index in [1.165, 1.54) is 25.3 Å². The molecule has 0 aromatic heterocycles. The first kappa shape index (κ1) is 16.3. The van der Waals surface area contributed by atoms with Gasteiger partial charge in [0.1, 0.15) is 0 Å². The predicted molar refractivity (Wildman–Crippen MR) is 90.9 cm³/mol. The van der Waals surface area contributed by atoms with Crippen LogP contribution in [0, 0.1) is 5.92 Å². The number of aliphatic imine (C=N–C) groups is 1. The molecule has 120 valence electrons. The Balaban J connectivity index is 1.82. The van der Waals surface area contributed by atoms with Crippen LogP contribution in [0.4, 0.5) is 5.69 Å². The minimum absolute atomic E-state index is 0.0547. The van der Waals surface area contributed by atoms with Crippen LogP contribution in [0.5, 0.6) is 0 Å². The van der Waals surface area contributed by atoms with E-state index in [4.69, 9.17) is 5.73 Å². The van der Waals surface area contributed by atoms with Crippen molar-refractivity contribution >= 4 is 17.6 Å². The van der Waals surface area contributed by atoms with Crippen molar-refractivity contribution in [2.24, 2.45) is 16.6 Å². The van der Waals surface area contributed by atoms with E-state index in [2.05, 4.69) is 22.1 Å². The van der Waals surface area contributed by atoms with Crippen LogP contribution < -0.4 is 11.1 Å². The summed E-state index contributed by atoms with van der Waals surface area (Å²) in [4.78, 5) is 17.7. The first-order valence-electron chi connectivity index (χ1n) is 7.96. The van der Waals surface area contributed by atoms with Gasteiger partial charge >= 0.3 is 0 Å². The largest absolute Gasteiger partial charge is 0.370 e. The molecule has 2 rings (SSSR count). The Labute approximate surface area is 132 Å². The van der Waals surface area contributed by atoms with Crippen molar-refractivity contribution in [3.8, 4) is 0 Å². The standard InChI is InChI=1S/C17H26N4O/c1-13-4-3-11-21(12-13)17(18)19-10-9-15-5-7-16(8-6-15)20-14(2)22/h5-8,13H,3-4,9-12H2,1-2H3,(H2,18,19)(H,20,22). The average Bonchev–Trinajstić information content (AvgIpc) is 2.48. The molecule has 1 atom stereocenters. The fraction of sp³-hybridized carbons (Fsp3) is 0.529. The van der Waals surface area contributed by atoms with E-state index in [-0.39, 0.29) is 5.91 Å². The number of hydrogen-bond donors (Lipinski definition) is 2. The van der Waals surface area contributed by atoms with Crippen LogP contribution in [0.25, 0.3) is 0 Å². The van der Waals surface area contributed by atoms with Gasteiger partial charge in [-0.1, -0.05) is 19.1 Å². The van der Waals surface area contributed by atoms with Gasteiger partial charge in [0, 0.05) is 32.2 Å². The maximum Gasteiger partial charge on any atom is 0.221 e. The Morgan fingerprint density at radius 3 is 2.77 bits per heavy atom. The molecule has 0 saturated carbocycles. The molecule has 1 heterocycles. The molecule has 1 aromatic rings. The van der Waals surface area contributed by atoms with E-state index in [1.807, 2.05) is 24.3 Å². The Hall–Kier alpha value is -2.04. The molecule has 0 bridgehead atoms. The molecule has 1 amide bonds. The lowest BCUT2D eigenvalue weighted by Gasteiger charge is -2.31. The molecular formula is C17H26N4O. The molecule has 1 aromatic carbocycles. The highest BCUT2D eigenvalue weighted by atomic mass is 16.1. The van der Waals surface area contributed by atoms with E-state index < -0.39 is 0 Å². The number of piperidine rings is 1. The summed E-state index contributed by atoms with van der Waals surface area (Å²) in [5, 5.41) is 2.76. The number of rotatable bonds is 4. The zero-order chi connectivity index (χ0) is 15.9. The fourth-order valence-corrected chi connectivity index (χ4v) is 2.76. The van der Waals surface area contributed by atoms with Crippen LogP contribution in [-0.2, 0) is 11.2 Å². The molecule has 1 unspecified atom stereocenters. The number of guanidine groups is 1. The molecule has 5 heteroatoms. The van der Waals surface area contributed by atoms with Crippen molar-refractivity contribution < 1.29 is 4.79 Å². The van der Waals surface area contributed by atoms with Gasteiger partial charge in [-0.25, -0.2) is 0 Å². The van der Waals surface area contributed by atoms with Crippen LogP contribution >= 0.6 is 0 Å². The van der Waals surface area contributed by atoms with Crippen LogP contribution in [-0.4, -0.2) is 36.4 Å². The molecule has 0 radical (unpaired) electrons. The van der Waals surface area contributed by atoms with Crippen LogP contribution in [0.15, 0.2) is 29.3 Å². The molecular weight excluding hydrogens is 276 g/mol. The second kappa shape index (κ2) is 7.82. The molecule has 0 aliphatic carbocycles. The zero-order valence-corrected chi connectivity index (χ0v) is 13.5. The number of nitrogens with zero attached hydrogens (tertiary/aromatic N) is 2. The van der Waals surface area contributed by atoms with Crippen LogP contribution in [0.2, 0.25) is 0 Å². The summed E-state index contributed by atoms with van der Waals surface area (Å²) in [5.41, 5.74) is 8.10. The Kier molecular flexibility index (Phi) is 5.81. The third kappa shape index (κ3) is 5.06. The van der Waals surface area contributed by atoms with E-state index in [0.29, 0.717) is 18.4 Å². The number of anilines is 1. The molecule has 1 saturated heterocycles. The van der Waals surface area contributed by atoms with E-state index in [9.17, 15) is 4.79 Å². The van der Waals surface area contributed by atoms with Gasteiger partial charge in [0.25, 0.3) is 0 Å². The number of carbonyl (C=O) groups excluding carboxylic acids is 1. The summed E-state index contributed by atoms with van der Waals surface area (Å²) in [5.74, 6) is 1.31. The molecule has 3 N–H and O–H groups in total. The lowest BCUT2D eigenvalue weighted by molar-refractivity contribution is -0.114. The number of nitrogens with two attached hydrogens (primary N) is 1. The number of hydrogen-bond acceptors (Lipinski definition) is 2. The number of carbonyl (C=O) groups is 1. The molecule has 1 fully saturated rings. The highest BCUT2D eigenvalue weighted by Gasteiger charge is 2.17. The minimum atomic E-state index is -0.0547. The van der Waals surface area contributed by atoms with Gasteiger partial charge in [0.05, 0.1) is 0 Å². The molecule has 1 aliphatic rings. The Bertz CT molecular complexity index is 524. The molecule has 0 spiro atoms. The monoisotopic (exact) mass is 302 g/mol. The summed E-state index contributed by atoms with van der Waals surface area (Å²) in [6.07, 6.45) is 3.33. The SMILES string of the molecule is CC(=O)Nc1ccc(CCN=C(N)N2CCCC(C)C2)cc1. The van der Waals surface area contributed by atoms with Crippen molar-refractivity contribution in [1.29, 1.82) is 0 Å². The van der Waals surface area contributed by atoms with Crippen molar-refractivity contribution in [2.45, 2.75) is 33.1 Å². The second-order valence-electron chi connectivity index (χ2n) is 6.06. The lowest BCUT2D eigenvalue weighted by Crippen LogP contribution is -2.43. The smallest absolute Gasteiger partial charge is 0.221 e. The van der Waals surface area contributed by atoms with E-state index >= 15 is 0 Å². The normalized spacial score (nSPS) is 19.1. The van der Waals surface area contributed by atoms with E-state index in [1.54, 1.807) is 0 Å². The highest BCUT2D eigenvalue weighted by Crippen LogP contribution is 2.15. The minimum Gasteiger partial charge on any atom is -0.370 e. The number of benzene rings is 1. The fourth-order valence-electron chi connectivity index (χ4n) is 2.76. The number of likely N-dealkylation sites (tertiary alicyclic amines) is 1. The average molecular weight is 302 g/mol. The quantitative estimate of drug-likeness (QED) is 0.662. The maximum atomic E-state index is 11.0. The van der Waals surface area contributed by atoms with Gasteiger partial charge in [-0.05, 0) is 42.9 Å². The van der Waals surface area contributed by atoms with Gasteiger partial charge in [0.2, 0.25) is 5.91 Å². The van der Waals surface area contributed by atoms with Gasteiger partial charge in [-0.2, -0.15) is 0 Å². The summed E-state index contributed by atoms with van der Waals surface area (Å²) in [6, 6.07) is 7.85. The van der Waals surface area contributed by atoms with Crippen LogP contribution in [0.3, 0.4) is 0 Å². The summed E-state index contributed by atoms with van der Waals surface area (Å²) < 4.78 is 0. The van der Waals surface area contributed by atoms with Crippen molar-refractivity contribution in [1.82, 2.24) is 4.90 Å². The summed E-state index contributed by atoms with van der Waals surface area (Å²) >= 11 is 0. The van der Waals surface area contributed by atoms with Gasteiger partial charge in [-0.15, -0.1) is 0 Å². The Morgan fingerprint density at radius 2 is 2.14 bits per heavy atom. The van der Waals surface area contributed by atoms with Crippen molar-refractivity contribution in [3.63, 3.8) is 0 Å².